The van der Waals surface area contributed by atoms with Crippen LogP contribution in [0.5, 0.6) is 0 Å². The van der Waals surface area contributed by atoms with Gasteiger partial charge in [-0.2, -0.15) is 5.10 Å². The molecule has 0 aliphatic rings. The van der Waals surface area contributed by atoms with Gasteiger partial charge in [0.2, 0.25) is 0 Å². The molecule has 2 aromatic rings. The summed E-state index contributed by atoms with van der Waals surface area (Å²) < 4.78 is 1.76. The minimum Gasteiger partial charge on any atom is -0.385 e. The van der Waals surface area contributed by atoms with Crippen molar-refractivity contribution in [2.75, 3.05) is 17.2 Å². The number of non-ortho nitro benzene ring substituents is 1. The molecule has 0 saturated carbocycles. The molecule has 20 heavy (non-hydrogen) atoms. The van der Waals surface area contributed by atoms with E-state index in [-0.39, 0.29) is 5.69 Å². The van der Waals surface area contributed by atoms with Crippen LogP contribution in [0.2, 0.25) is 0 Å². The maximum atomic E-state index is 10.9. The quantitative estimate of drug-likeness (QED) is 0.624. The predicted molar refractivity (Wildman–Crippen MR) is 77.8 cm³/mol. The fraction of sp³-hybridized carbons (Fsp3) is 0.308. The van der Waals surface area contributed by atoms with Gasteiger partial charge in [-0.25, -0.2) is 0 Å². The van der Waals surface area contributed by atoms with Crippen molar-refractivity contribution < 1.29 is 4.92 Å². The van der Waals surface area contributed by atoms with Gasteiger partial charge >= 0.3 is 0 Å². The summed E-state index contributed by atoms with van der Waals surface area (Å²) in [5, 5.41) is 21.3. The standard InChI is InChI=1S/C13H17N5O2/c1-3-14-10-6-11(8-13(7-10)18(19)20)15-9-12-4-5-16-17(12)2/h4-8,14-15H,3,9H2,1-2H3. The molecule has 7 nitrogen and oxygen atoms in total. The first-order chi connectivity index (χ1) is 9.60. The maximum Gasteiger partial charge on any atom is 0.273 e. The van der Waals surface area contributed by atoms with Crippen LogP contribution in [-0.4, -0.2) is 21.2 Å². The van der Waals surface area contributed by atoms with Crippen LogP contribution in [0.3, 0.4) is 0 Å². The van der Waals surface area contributed by atoms with Crippen LogP contribution >= 0.6 is 0 Å². The number of aromatic nitrogens is 2. The molecular weight excluding hydrogens is 258 g/mol. The molecule has 0 spiro atoms. The Labute approximate surface area is 116 Å². The van der Waals surface area contributed by atoms with Gasteiger partial charge in [-0.3, -0.25) is 14.8 Å². The Morgan fingerprint density at radius 3 is 2.55 bits per heavy atom. The average molecular weight is 275 g/mol. The average Bonchev–Trinajstić information content (AvgIpc) is 2.82. The van der Waals surface area contributed by atoms with Crippen LogP contribution in [0.4, 0.5) is 17.1 Å². The van der Waals surface area contributed by atoms with Gasteiger partial charge in [-0.15, -0.1) is 0 Å². The van der Waals surface area contributed by atoms with Crippen molar-refractivity contribution in [1.82, 2.24) is 9.78 Å². The van der Waals surface area contributed by atoms with Crippen molar-refractivity contribution in [3.8, 4) is 0 Å². The van der Waals surface area contributed by atoms with Gasteiger partial charge < -0.3 is 10.6 Å². The first-order valence-electron chi connectivity index (χ1n) is 6.34. The van der Waals surface area contributed by atoms with E-state index >= 15 is 0 Å². The summed E-state index contributed by atoms with van der Waals surface area (Å²) in [6, 6.07) is 6.80. The van der Waals surface area contributed by atoms with E-state index < -0.39 is 4.92 Å². The highest BCUT2D eigenvalue weighted by molar-refractivity contribution is 5.63. The van der Waals surface area contributed by atoms with Crippen LogP contribution in [0, 0.1) is 10.1 Å². The number of nitrogens with one attached hydrogen (secondary N) is 2. The van der Waals surface area contributed by atoms with Gasteiger partial charge in [0, 0.05) is 43.3 Å². The highest BCUT2D eigenvalue weighted by Crippen LogP contribution is 2.24. The van der Waals surface area contributed by atoms with E-state index in [9.17, 15) is 10.1 Å². The van der Waals surface area contributed by atoms with Crippen molar-refractivity contribution >= 4 is 17.1 Å². The smallest absolute Gasteiger partial charge is 0.273 e. The van der Waals surface area contributed by atoms with Crippen molar-refractivity contribution in [1.29, 1.82) is 0 Å². The Morgan fingerprint density at radius 1 is 1.30 bits per heavy atom. The molecule has 0 aliphatic carbocycles. The SMILES string of the molecule is CCNc1cc(NCc2ccnn2C)cc([N+](=O)[O-])c1. The number of nitrogens with zero attached hydrogens (tertiary/aromatic N) is 3. The Bertz CT molecular complexity index is 609. The van der Waals surface area contributed by atoms with Crippen LogP contribution < -0.4 is 10.6 Å². The number of aryl methyl sites for hydroxylation is 1. The highest BCUT2D eigenvalue weighted by atomic mass is 16.6. The van der Waals surface area contributed by atoms with Gasteiger partial charge in [-0.05, 0) is 19.1 Å². The lowest BCUT2D eigenvalue weighted by atomic mass is 10.2. The second kappa shape index (κ2) is 6.05. The largest absolute Gasteiger partial charge is 0.385 e. The number of hydrogen-bond donors (Lipinski definition) is 2. The van der Waals surface area contributed by atoms with Crippen molar-refractivity contribution in [2.24, 2.45) is 7.05 Å². The monoisotopic (exact) mass is 275 g/mol. The molecule has 2 rings (SSSR count). The Hall–Kier alpha value is -2.57. The van der Waals surface area contributed by atoms with Gasteiger partial charge in [0.05, 0.1) is 17.2 Å². The lowest BCUT2D eigenvalue weighted by molar-refractivity contribution is -0.384. The van der Waals surface area contributed by atoms with E-state index in [2.05, 4.69) is 15.7 Å². The Morgan fingerprint density at radius 2 is 2.00 bits per heavy atom. The van der Waals surface area contributed by atoms with Gasteiger partial charge in [0.25, 0.3) is 5.69 Å². The van der Waals surface area contributed by atoms with Crippen LogP contribution in [0.15, 0.2) is 30.5 Å². The summed E-state index contributed by atoms with van der Waals surface area (Å²) >= 11 is 0. The predicted octanol–water partition coefficient (Wildman–Crippen LogP) is 2.37. The zero-order chi connectivity index (χ0) is 14.5. The van der Waals surface area contributed by atoms with E-state index in [1.165, 1.54) is 12.1 Å². The van der Waals surface area contributed by atoms with E-state index in [0.717, 1.165) is 11.4 Å². The minimum absolute atomic E-state index is 0.0657. The summed E-state index contributed by atoms with van der Waals surface area (Å²) in [7, 11) is 1.86. The molecule has 0 bridgehead atoms. The molecule has 1 heterocycles. The number of nitro benzene ring substituents is 1. The molecular formula is C13H17N5O2. The molecule has 0 aliphatic heterocycles. The summed E-state index contributed by atoms with van der Waals surface area (Å²) in [6.07, 6.45) is 1.72. The van der Waals surface area contributed by atoms with Crippen molar-refractivity contribution in [3.05, 3.63) is 46.3 Å². The van der Waals surface area contributed by atoms with Gasteiger partial charge in [-0.1, -0.05) is 0 Å². The molecule has 1 aromatic carbocycles. The molecule has 7 heteroatoms. The zero-order valence-corrected chi connectivity index (χ0v) is 11.5. The number of nitro groups is 1. The molecule has 0 atom stereocenters. The van der Waals surface area contributed by atoms with Crippen LogP contribution in [0.1, 0.15) is 12.6 Å². The van der Waals surface area contributed by atoms with E-state index in [1.807, 2.05) is 26.1 Å². The van der Waals surface area contributed by atoms with Gasteiger partial charge in [0.15, 0.2) is 0 Å². The van der Waals surface area contributed by atoms with E-state index in [0.29, 0.717) is 18.8 Å². The summed E-state index contributed by atoms with van der Waals surface area (Å²) in [5.74, 6) is 0. The van der Waals surface area contributed by atoms with Crippen LogP contribution in [-0.2, 0) is 13.6 Å². The highest BCUT2D eigenvalue weighted by Gasteiger charge is 2.09. The second-order valence-electron chi connectivity index (χ2n) is 4.36. The normalized spacial score (nSPS) is 10.3. The fourth-order valence-corrected chi connectivity index (χ4v) is 1.89. The third-order valence-corrected chi connectivity index (χ3v) is 2.91. The topological polar surface area (TPSA) is 85.0 Å². The summed E-state index contributed by atoms with van der Waals surface area (Å²) in [4.78, 5) is 10.5. The number of anilines is 2. The Kier molecular flexibility index (Phi) is 4.19. The maximum absolute atomic E-state index is 10.9. The summed E-state index contributed by atoms with van der Waals surface area (Å²) in [5.41, 5.74) is 2.50. The second-order valence-corrected chi connectivity index (χ2v) is 4.36. The first-order valence-corrected chi connectivity index (χ1v) is 6.34. The number of benzene rings is 1. The molecule has 0 fully saturated rings. The minimum atomic E-state index is -0.393. The molecule has 0 amide bonds. The zero-order valence-electron chi connectivity index (χ0n) is 11.5. The molecule has 0 radical (unpaired) electrons. The first kappa shape index (κ1) is 13.9. The van der Waals surface area contributed by atoms with E-state index in [4.69, 9.17) is 0 Å². The fourth-order valence-electron chi connectivity index (χ4n) is 1.89. The van der Waals surface area contributed by atoms with E-state index in [1.54, 1.807) is 10.9 Å². The molecule has 0 unspecified atom stereocenters. The Balaban J connectivity index is 2.17. The lowest BCUT2D eigenvalue weighted by Crippen LogP contribution is -2.06. The lowest BCUT2D eigenvalue weighted by Gasteiger charge is -2.09. The third-order valence-electron chi connectivity index (χ3n) is 2.91. The molecule has 106 valence electrons. The van der Waals surface area contributed by atoms with Crippen molar-refractivity contribution in [3.63, 3.8) is 0 Å². The molecule has 0 saturated heterocycles. The number of hydrogen-bond acceptors (Lipinski definition) is 5. The molecule has 2 N–H and O–H groups in total. The van der Waals surface area contributed by atoms with Crippen molar-refractivity contribution in [2.45, 2.75) is 13.5 Å². The third kappa shape index (κ3) is 3.25. The van der Waals surface area contributed by atoms with Gasteiger partial charge in [0.1, 0.15) is 0 Å². The van der Waals surface area contributed by atoms with Crippen LogP contribution in [0.25, 0.3) is 0 Å². The summed E-state index contributed by atoms with van der Waals surface area (Å²) in [6.45, 7) is 3.22. The number of rotatable bonds is 6. The molecule has 1 aromatic heterocycles.